The van der Waals surface area contributed by atoms with E-state index in [-0.39, 0.29) is 12.2 Å². The number of nitriles is 1. The number of nitrogens with one attached hydrogen (secondary N) is 1. The second-order valence-corrected chi connectivity index (χ2v) is 4.61. The van der Waals surface area contributed by atoms with Gasteiger partial charge in [0.25, 0.3) is 0 Å². The van der Waals surface area contributed by atoms with E-state index in [0.29, 0.717) is 11.3 Å². The molecule has 0 saturated heterocycles. The van der Waals surface area contributed by atoms with Gasteiger partial charge in [-0.15, -0.1) is 0 Å². The molecule has 1 aromatic carbocycles. The third kappa shape index (κ3) is 2.76. The summed E-state index contributed by atoms with van der Waals surface area (Å²) in [6, 6.07) is 5.64. The van der Waals surface area contributed by atoms with Gasteiger partial charge in [-0.2, -0.15) is 5.26 Å². The molecular formula is C15H14FN3O3. The lowest BCUT2D eigenvalue weighted by Crippen LogP contribution is -2.50. The van der Waals surface area contributed by atoms with Crippen LogP contribution in [0.3, 0.4) is 0 Å². The molecule has 0 aromatic heterocycles. The van der Waals surface area contributed by atoms with Crippen LogP contribution < -0.4 is 5.32 Å². The highest BCUT2D eigenvalue weighted by Gasteiger charge is 2.39. The molecule has 0 bridgehead atoms. The third-order valence-corrected chi connectivity index (χ3v) is 3.20. The number of imide groups is 1. The number of rotatable bonds is 2. The summed E-state index contributed by atoms with van der Waals surface area (Å²) in [5.41, 5.74) is 0.791. The monoisotopic (exact) mass is 303 g/mol. The average molecular weight is 303 g/mol. The first kappa shape index (κ1) is 15.5. The van der Waals surface area contributed by atoms with E-state index in [1.807, 2.05) is 6.07 Å². The molecule has 1 N–H and O–H groups in total. The van der Waals surface area contributed by atoms with Crippen LogP contribution in [0.25, 0.3) is 0 Å². The zero-order valence-electron chi connectivity index (χ0n) is 12.1. The minimum Gasteiger partial charge on any atom is -0.449 e. The molecule has 6 nitrogen and oxygen atoms in total. The number of halogens is 1. The topological polar surface area (TPSA) is 82.4 Å². The maximum Gasteiger partial charge on any atom is 0.418 e. The Balaban J connectivity index is 2.58. The smallest absolute Gasteiger partial charge is 0.418 e. The van der Waals surface area contributed by atoms with E-state index in [2.05, 4.69) is 5.32 Å². The molecule has 0 fully saturated rings. The van der Waals surface area contributed by atoms with Gasteiger partial charge in [0.2, 0.25) is 0 Å². The number of benzene rings is 1. The largest absolute Gasteiger partial charge is 0.449 e. The van der Waals surface area contributed by atoms with Crippen molar-refractivity contribution in [2.75, 3.05) is 6.61 Å². The van der Waals surface area contributed by atoms with Gasteiger partial charge in [-0.25, -0.2) is 18.9 Å². The van der Waals surface area contributed by atoms with E-state index < -0.39 is 24.0 Å². The summed E-state index contributed by atoms with van der Waals surface area (Å²) < 4.78 is 18.4. The van der Waals surface area contributed by atoms with Crippen molar-refractivity contribution in [3.63, 3.8) is 0 Å². The molecule has 22 heavy (non-hydrogen) atoms. The van der Waals surface area contributed by atoms with Crippen LogP contribution in [0.2, 0.25) is 0 Å². The van der Waals surface area contributed by atoms with E-state index in [1.54, 1.807) is 19.9 Å². The Morgan fingerprint density at radius 1 is 1.55 bits per heavy atom. The second kappa shape index (κ2) is 6.26. The standard InChI is InChI=1S/C15H14FN3O3/c1-3-22-15(21)19-13(10-5-4-6-11(16)7-10)12(8-17)9(2)18-14(19)20/h4-7,13H,3H2,1-2H3,(H,18,20). The number of carbonyl (C=O) groups excluding carboxylic acids is 2. The van der Waals surface area contributed by atoms with Gasteiger partial charge < -0.3 is 10.1 Å². The number of hydrogen-bond acceptors (Lipinski definition) is 4. The third-order valence-electron chi connectivity index (χ3n) is 3.20. The van der Waals surface area contributed by atoms with E-state index in [1.165, 1.54) is 18.2 Å². The molecule has 1 heterocycles. The first-order valence-corrected chi connectivity index (χ1v) is 6.62. The summed E-state index contributed by atoms with van der Waals surface area (Å²) >= 11 is 0. The maximum absolute atomic E-state index is 13.5. The van der Waals surface area contributed by atoms with E-state index in [4.69, 9.17) is 4.74 Å². The van der Waals surface area contributed by atoms with Crippen molar-refractivity contribution in [2.24, 2.45) is 0 Å². The maximum atomic E-state index is 13.5. The van der Waals surface area contributed by atoms with Crippen molar-refractivity contribution in [1.29, 1.82) is 5.26 Å². The van der Waals surface area contributed by atoms with Crippen LogP contribution >= 0.6 is 0 Å². The fourth-order valence-electron chi connectivity index (χ4n) is 2.26. The number of ether oxygens (including phenoxy) is 1. The fourth-order valence-corrected chi connectivity index (χ4v) is 2.26. The van der Waals surface area contributed by atoms with Crippen LogP contribution in [-0.2, 0) is 4.74 Å². The van der Waals surface area contributed by atoms with Gasteiger partial charge in [0, 0.05) is 5.70 Å². The number of amides is 3. The van der Waals surface area contributed by atoms with Gasteiger partial charge in [0.05, 0.1) is 18.2 Å². The lowest BCUT2D eigenvalue weighted by Gasteiger charge is -2.34. The molecule has 0 saturated carbocycles. The first-order valence-electron chi connectivity index (χ1n) is 6.62. The number of nitrogens with zero attached hydrogens (tertiary/aromatic N) is 2. The Morgan fingerprint density at radius 3 is 2.86 bits per heavy atom. The van der Waals surface area contributed by atoms with E-state index in [9.17, 15) is 19.2 Å². The van der Waals surface area contributed by atoms with Gasteiger partial charge >= 0.3 is 12.1 Å². The van der Waals surface area contributed by atoms with Gasteiger partial charge in [-0.1, -0.05) is 12.1 Å². The molecule has 1 unspecified atom stereocenters. The lowest BCUT2D eigenvalue weighted by atomic mass is 9.95. The van der Waals surface area contributed by atoms with Crippen LogP contribution in [0, 0.1) is 17.1 Å². The molecule has 1 aliphatic heterocycles. The van der Waals surface area contributed by atoms with Crippen molar-refractivity contribution < 1.29 is 18.7 Å². The molecule has 114 valence electrons. The molecule has 0 spiro atoms. The number of urea groups is 1. The van der Waals surface area contributed by atoms with Gasteiger partial charge in [-0.3, -0.25) is 0 Å². The Bertz CT molecular complexity index is 694. The van der Waals surface area contributed by atoms with Crippen LogP contribution in [0.1, 0.15) is 25.5 Å². The molecule has 0 radical (unpaired) electrons. The molecule has 7 heteroatoms. The van der Waals surface area contributed by atoms with Gasteiger partial charge in [-0.05, 0) is 31.5 Å². The fraction of sp³-hybridized carbons (Fsp3) is 0.267. The summed E-state index contributed by atoms with van der Waals surface area (Å²) in [6.07, 6.45) is -0.894. The van der Waals surface area contributed by atoms with Crippen LogP contribution in [0.5, 0.6) is 0 Å². The highest BCUT2D eigenvalue weighted by Crippen LogP contribution is 2.33. The quantitative estimate of drug-likeness (QED) is 0.910. The Morgan fingerprint density at radius 2 is 2.27 bits per heavy atom. The number of carbonyl (C=O) groups is 2. The molecule has 0 aliphatic carbocycles. The Hall–Kier alpha value is -2.88. The molecule has 3 amide bonds. The van der Waals surface area contributed by atoms with Crippen molar-refractivity contribution in [3.05, 3.63) is 46.9 Å². The predicted molar refractivity (Wildman–Crippen MR) is 74.8 cm³/mol. The minimum atomic E-state index is -1.02. The van der Waals surface area contributed by atoms with Gasteiger partial charge in [0.15, 0.2) is 0 Å². The van der Waals surface area contributed by atoms with Crippen LogP contribution in [0.15, 0.2) is 35.5 Å². The summed E-state index contributed by atoms with van der Waals surface area (Å²) in [7, 11) is 0. The molecular weight excluding hydrogens is 289 g/mol. The van der Waals surface area contributed by atoms with E-state index in [0.717, 1.165) is 4.90 Å². The average Bonchev–Trinajstić information content (AvgIpc) is 2.46. The van der Waals surface area contributed by atoms with Gasteiger partial charge in [0.1, 0.15) is 11.9 Å². The highest BCUT2D eigenvalue weighted by molar-refractivity contribution is 5.94. The van der Waals surface area contributed by atoms with Crippen molar-refractivity contribution in [1.82, 2.24) is 10.2 Å². The van der Waals surface area contributed by atoms with Crippen molar-refractivity contribution >= 4 is 12.1 Å². The zero-order chi connectivity index (χ0) is 16.3. The highest BCUT2D eigenvalue weighted by atomic mass is 19.1. The van der Waals surface area contributed by atoms with Crippen molar-refractivity contribution in [2.45, 2.75) is 19.9 Å². The summed E-state index contributed by atoms with van der Waals surface area (Å²) in [5, 5.41) is 11.8. The summed E-state index contributed by atoms with van der Waals surface area (Å²) in [5.74, 6) is -0.526. The Labute approximate surface area is 126 Å². The van der Waals surface area contributed by atoms with Crippen molar-refractivity contribution in [3.8, 4) is 6.07 Å². The van der Waals surface area contributed by atoms with E-state index >= 15 is 0 Å². The normalized spacial score (nSPS) is 17.8. The second-order valence-electron chi connectivity index (χ2n) is 4.61. The van der Waals surface area contributed by atoms with Crippen LogP contribution in [0.4, 0.5) is 14.0 Å². The number of hydrogen-bond donors (Lipinski definition) is 1. The number of allylic oxidation sites excluding steroid dienone is 1. The predicted octanol–water partition coefficient (Wildman–Crippen LogP) is 2.85. The molecule has 1 aromatic rings. The molecule has 2 rings (SSSR count). The lowest BCUT2D eigenvalue weighted by molar-refractivity contribution is 0.104. The Kier molecular flexibility index (Phi) is 4.41. The molecule has 1 atom stereocenters. The SMILES string of the molecule is CCOC(=O)N1C(=O)NC(C)=C(C#N)C1c1cccc(F)c1. The zero-order valence-corrected chi connectivity index (χ0v) is 12.1. The molecule has 1 aliphatic rings. The minimum absolute atomic E-state index is 0.0725. The summed E-state index contributed by atoms with van der Waals surface area (Å²) in [6.45, 7) is 3.22. The first-order chi connectivity index (χ1) is 10.5. The summed E-state index contributed by atoms with van der Waals surface area (Å²) in [4.78, 5) is 25.0. The van der Waals surface area contributed by atoms with Crippen LogP contribution in [-0.4, -0.2) is 23.6 Å².